The van der Waals surface area contributed by atoms with Crippen molar-refractivity contribution in [2.75, 3.05) is 27.1 Å². The van der Waals surface area contributed by atoms with Gasteiger partial charge in [0.15, 0.2) is 0 Å². The van der Waals surface area contributed by atoms with Crippen molar-refractivity contribution in [1.82, 2.24) is 10.2 Å². The van der Waals surface area contributed by atoms with E-state index >= 15 is 0 Å². The second-order valence-corrected chi connectivity index (χ2v) is 7.20. The van der Waals surface area contributed by atoms with Crippen LogP contribution in [-0.4, -0.2) is 43.0 Å². The lowest BCUT2D eigenvalue weighted by molar-refractivity contribution is -0.138. The van der Waals surface area contributed by atoms with Crippen molar-refractivity contribution in [3.05, 3.63) is 58.1 Å². The number of carboxylic acid groups (broad SMARTS) is 1. The van der Waals surface area contributed by atoms with Crippen molar-refractivity contribution in [3.63, 3.8) is 0 Å². The van der Waals surface area contributed by atoms with Crippen LogP contribution < -0.4 is 5.32 Å². The summed E-state index contributed by atoms with van der Waals surface area (Å²) in [6, 6.07) is 8.33. The van der Waals surface area contributed by atoms with Gasteiger partial charge in [0.25, 0.3) is 0 Å². The fourth-order valence-electron chi connectivity index (χ4n) is 3.03. The smallest absolute Gasteiger partial charge is 0.416 e. The molecule has 0 spiro atoms. The van der Waals surface area contributed by atoms with E-state index in [-0.39, 0.29) is 19.7 Å². The molecule has 0 saturated heterocycles. The summed E-state index contributed by atoms with van der Waals surface area (Å²) in [4.78, 5) is 12.9. The number of ether oxygens (including phenoxy) is 1. The molecule has 0 bridgehead atoms. The molecule has 0 heterocycles. The fraction of sp³-hybridized carbons (Fsp3) is 0.381. The monoisotopic (exact) mass is 444 g/mol. The normalized spacial score (nSPS) is 11.8. The molecule has 5 nitrogen and oxygen atoms in total. The first kappa shape index (κ1) is 24.1. The van der Waals surface area contributed by atoms with Gasteiger partial charge in [0.2, 0.25) is 0 Å². The molecule has 2 aromatic carbocycles. The molecule has 2 rings (SSSR count). The van der Waals surface area contributed by atoms with Gasteiger partial charge < -0.3 is 9.84 Å². The first-order chi connectivity index (χ1) is 14.1. The molecule has 164 valence electrons. The van der Waals surface area contributed by atoms with E-state index in [1.54, 1.807) is 19.2 Å². The summed E-state index contributed by atoms with van der Waals surface area (Å²) in [7, 11) is 1.73. The molecule has 0 unspecified atom stereocenters. The van der Waals surface area contributed by atoms with Gasteiger partial charge in [0, 0.05) is 11.6 Å². The second kappa shape index (κ2) is 10.8. The third-order valence-corrected chi connectivity index (χ3v) is 4.64. The van der Waals surface area contributed by atoms with Crippen LogP contribution in [0.1, 0.15) is 23.6 Å². The van der Waals surface area contributed by atoms with Gasteiger partial charge in [-0.15, -0.1) is 0 Å². The van der Waals surface area contributed by atoms with Gasteiger partial charge in [-0.05, 0) is 60.1 Å². The van der Waals surface area contributed by atoms with E-state index in [1.165, 1.54) is 12.1 Å². The number of rotatable bonds is 10. The van der Waals surface area contributed by atoms with E-state index in [4.69, 9.17) is 21.4 Å². The number of benzene rings is 2. The topological polar surface area (TPSA) is 61.8 Å². The fourth-order valence-corrected chi connectivity index (χ4v) is 3.29. The largest absolute Gasteiger partial charge is 0.481 e. The van der Waals surface area contributed by atoms with Gasteiger partial charge in [-0.1, -0.05) is 30.7 Å². The number of hydrogen-bond donors (Lipinski definition) is 2. The van der Waals surface area contributed by atoms with Crippen molar-refractivity contribution in [3.8, 4) is 11.1 Å². The summed E-state index contributed by atoms with van der Waals surface area (Å²) in [5.41, 5.74) is 1.30. The van der Waals surface area contributed by atoms with E-state index in [2.05, 4.69) is 5.32 Å². The number of carboxylic acids is 1. The van der Waals surface area contributed by atoms with Crippen LogP contribution in [-0.2, 0) is 28.7 Å². The Bertz CT molecular complexity index is 875. The van der Waals surface area contributed by atoms with Gasteiger partial charge in [-0.2, -0.15) is 13.2 Å². The number of nitrogens with one attached hydrogen (secondary N) is 1. The van der Waals surface area contributed by atoms with Crippen molar-refractivity contribution in [1.29, 1.82) is 0 Å². The number of carbonyl (C=O) groups is 1. The summed E-state index contributed by atoms with van der Waals surface area (Å²) in [6.45, 7) is 3.24. The molecule has 0 aliphatic carbocycles. The van der Waals surface area contributed by atoms with Crippen LogP contribution in [0.2, 0.25) is 5.02 Å². The van der Waals surface area contributed by atoms with Gasteiger partial charge in [0.05, 0.1) is 18.7 Å². The maximum absolute atomic E-state index is 13.3. The SMILES string of the molecule is CCN(COCNC)Cc1cc(C(F)(F)F)ccc1-c1cc(Cl)cc(CC(=O)O)c1. The van der Waals surface area contributed by atoms with Gasteiger partial charge in [0.1, 0.15) is 6.73 Å². The molecular formula is C21H24ClF3N2O3. The van der Waals surface area contributed by atoms with E-state index in [9.17, 15) is 18.0 Å². The van der Waals surface area contributed by atoms with Crippen LogP contribution in [0, 0.1) is 0 Å². The molecule has 0 amide bonds. The van der Waals surface area contributed by atoms with Crippen molar-refractivity contribution >= 4 is 17.6 Å². The average molecular weight is 445 g/mol. The summed E-state index contributed by atoms with van der Waals surface area (Å²) in [5.74, 6) is -1.02. The zero-order valence-electron chi connectivity index (χ0n) is 16.7. The molecule has 2 N–H and O–H groups in total. The van der Waals surface area contributed by atoms with Gasteiger partial charge in [-0.3, -0.25) is 15.0 Å². The number of halogens is 4. The maximum Gasteiger partial charge on any atom is 0.416 e. The second-order valence-electron chi connectivity index (χ2n) is 6.76. The maximum atomic E-state index is 13.3. The highest BCUT2D eigenvalue weighted by Gasteiger charge is 2.31. The van der Waals surface area contributed by atoms with Crippen LogP contribution in [0.25, 0.3) is 11.1 Å². The Morgan fingerprint density at radius 3 is 2.57 bits per heavy atom. The molecule has 9 heteroatoms. The highest BCUT2D eigenvalue weighted by Crippen LogP contribution is 2.35. The van der Waals surface area contributed by atoms with Crippen LogP contribution in [0.3, 0.4) is 0 Å². The Balaban J connectivity index is 2.48. The minimum absolute atomic E-state index is 0.222. The molecule has 0 aliphatic rings. The Kier molecular flexibility index (Phi) is 8.66. The van der Waals surface area contributed by atoms with Crippen LogP contribution >= 0.6 is 11.6 Å². The Morgan fingerprint density at radius 1 is 1.23 bits per heavy atom. The van der Waals surface area contributed by atoms with Crippen LogP contribution in [0.4, 0.5) is 13.2 Å². The molecular weight excluding hydrogens is 421 g/mol. The van der Waals surface area contributed by atoms with E-state index < -0.39 is 17.7 Å². The summed E-state index contributed by atoms with van der Waals surface area (Å²) in [6.07, 6.45) is -4.71. The minimum Gasteiger partial charge on any atom is -0.481 e. The zero-order chi connectivity index (χ0) is 22.3. The standard InChI is InChI=1S/C21H24ClF3N2O3/c1-3-27(13-30-12-26-2)11-16-9-17(21(23,24)25)4-5-19(16)15-6-14(8-20(28)29)7-18(22)10-15/h4-7,9-10,26H,3,8,11-13H2,1-2H3,(H,28,29). The molecule has 30 heavy (non-hydrogen) atoms. The Morgan fingerprint density at radius 2 is 1.97 bits per heavy atom. The molecule has 0 fully saturated rings. The highest BCUT2D eigenvalue weighted by atomic mass is 35.5. The first-order valence-electron chi connectivity index (χ1n) is 9.30. The lowest BCUT2D eigenvalue weighted by Crippen LogP contribution is -2.28. The molecule has 0 atom stereocenters. The van der Waals surface area contributed by atoms with Crippen molar-refractivity contribution in [2.45, 2.75) is 26.1 Å². The molecule has 0 saturated carbocycles. The lowest BCUT2D eigenvalue weighted by atomic mass is 9.95. The van der Waals surface area contributed by atoms with E-state index in [1.807, 2.05) is 11.8 Å². The summed E-state index contributed by atoms with van der Waals surface area (Å²) in [5, 5.41) is 12.2. The van der Waals surface area contributed by atoms with Crippen LogP contribution in [0.5, 0.6) is 0 Å². The quantitative estimate of drug-likeness (QED) is 0.413. The average Bonchev–Trinajstić information content (AvgIpc) is 2.65. The third kappa shape index (κ3) is 6.98. The summed E-state index contributed by atoms with van der Waals surface area (Å²) < 4.78 is 45.4. The number of nitrogens with zero attached hydrogens (tertiary/aromatic N) is 1. The summed E-state index contributed by atoms with van der Waals surface area (Å²) >= 11 is 6.15. The third-order valence-electron chi connectivity index (χ3n) is 4.42. The first-order valence-corrected chi connectivity index (χ1v) is 9.68. The molecule has 2 aromatic rings. The number of hydrogen-bond acceptors (Lipinski definition) is 4. The lowest BCUT2D eigenvalue weighted by Gasteiger charge is -2.23. The molecule has 0 aromatic heterocycles. The van der Waals surface area contributed by atoms with E-state index in [0.717, 1.165) is 12.1 Å². The van der Waals surface area contributed by atoms with Gasteiger partial charge in [-0.25, -0.2) is 0 Å². The number of aliphatic carboxylic acids is 1. The van der Waals surface area contributed by atoms with Gasteiger partial charge >= 0.3 is 12.1 Å². The molecule has 0 radical (unpaired) electrons. The zero-order valence-corrected chi connectivity index (χ0v) is 17.5. The van der Waals surface area contributed by atoms with Crippen LogP contribution in [0.15, 0.2) is 36.4 Å². The minimum atomic E-state index is -4.48. The predicted molar refractivity (Wildman–Crippen MR) is 109 cm³/mol. The molecule has 0 aliphatic heterocycles. The Hall–Kier alpha value is -2.13. The number of alkyl halides is 3. The van der Waals surface area contributed by atoms with E-state index in [0.29, 0.717) is 40.6 Å². The van der Waals surface area contributed by atoms with Crippen molar-refractivity contribution < 1.29 is 27.8 Å². The Labute approximate surface area is 178 Å². The predicted octanol–water partition coefficient (Wildman–Crippen LogP) is 4.63. The highest BCUT2D eigenvalue weighted by molar-refractivity contribution is 6.31. The van der Waals surface area contributed by atoms with Crippen molar-refractivity contribution in [2.24, 2.45) is 0 Å².